The highest BCUT2D eigenvalue weighted by Gasteiger charge is 2.52. The van der Waals surface area contributed by atoms with Gasteiger partial charge in [0.05, 0.1) is 18.8 Å². The molecular formula is C14H24O5. The molecule has 0 amide bonds. The summed E-state index contributed by atoms with van der Waals surface area (Å²) in [5.41, 5.74) is 0. The zero-order chi connectivity index (χ0) is 13.5. The summed E-state index contributed by atoms with van der Waals surface area (Å²) < 4.78 is 22.8. The smallest absolute Gasteiger partial charge is 0.163 e. The Labute approximate surface area is 114 Å². The molecule has 0 bridgehead atoms. The van der Waals surface area contributed by atoms with Gasteiger partial charge in [0.25, 0.3) is 0 Å². The van der Waals surface area contributed by atoms with Gasteiger partial charge in [-0.1, -0.05) is 0 Å². The number of rotatable bonds is 3. The Bertz CT molecular complexity index is 313. The molecular weight excluding hydrogens is 248 g/mol. The zero-order valence-electron chi connectivity index (χ0n) is 11.7. The summed E-state index contributed by atoms with van der Waals surface area (Å²) in [5.74, 6) is -0.495. The second-order valence-electron chi connectivity index (χ2n) is 6.25. The molecule has 0 aromatic rings. The van der Waals surface area contributed by atoms with Crippen LogP contribution in [0.5, 0.6) is 0 Å². The Balaban J connectivity index is 1.48. The minimum absolute atomic E-state index is 0.00845. The topological polar surface area (TPSA) is 57.2 Å². The Hall–Kier alpha value is -0.200. The maximum absolute atomic E-state index is 10.3. The van der Waals surface area contributed by atoms with Gasteiger partial charge >= 0.3 is 0 Å². The normalized spacial score (nSPS) is 45.3. The van der Waals surface area contributed by atoms with E-state index >= 15 is 0 Å². The monoisotopic (exact) mass is 272 g/mol. The van der Waals surface area contributed by atoms with Crippen molar-refractivity contribution in [1.29, 1.82) is 0 Å². The van der Waals surface area contributed by atoms with E-state index in [1.807, 2.05) is 13.8 Å². The largest absolute Gasteiger partial charge is 0.390 e. The molecule has 1 saturated carbocycles. The van der Waals surface area contributed by atoms with Gasteiger partial charge < -0.3 is 24.1 Å². The predicted octanol–water partition coefficient (Wildman–Crippen LogP) is 1.43. The fourth-order valence-electron chi connectivity index (χ4n) is 3.28. The second-order valence-corrected chi connectivity index (χ2v) is 6.25. The van der Waals surface area contributed by atoms with E-state index in [2.05, 4.69) is 0 Å². The fourth-order valence-corrected chi connectivity index (χ4v) is 3.28. The number of fused-ring (bicyclic) bond motifs is 1. The SMILES string of the molecule is CC1(C)O[C@H]2[C@H](O)[C@@H](COC3CCCCO3)C[C@H]2O1. The molecule has 2 saturated heterocycles. The molecule has 3 aliphatic rings. The standard InChI is InChI=1S/C14H24O5/c1-14(2)18-10-7-9(12(15)13(10)19-14)8-17-11-5-3-4-6-16-11/h9-13,15H,3-8H2,1-2H3/t9-,10-,11?,12-,13-/m1/s1. The molecule has 19 heavy (non-hydrogen) atoms. The Kier molecular flexibility index (Phi) is 3.84. The van der Waals surface area contributed by atoms with Crippen LogP contribution in [-0.4, -0.2) is 48.7 Å². The highest BCUT2D eigenvalue weighted by atomic mass is 16.8. The van der Waals surface area contributed by atoms with Crippen molar-refractivity contribution in [1.82, 2.24) is 0 Å². The van der Waals surface area contributed by atoms with Crippen LogP contribution in [0.25, 0.3) is 0 Å². The van der Waals surface area contributed by atoms with Gasteiger partial charge in [0.1, 0.15) is 6.10 Å². The van der Waals surface area contributed by atoms with Gasteiger partial charge in [0, 0.05) is 12.5 Å². The van der Waals surface area contributed by atoms with Crippen LogP contribution >= 0.6 is 0 Å². The quantitative estimate of drug-likeness (QED) is 0.842. The molecule has 3 rings (SSSR count). The molecule has 5 nitrogen and oxygen atoms in total. The highest BCUT2D eigenvalue weighted by Crippen LogP contribution is 2.41. The molecule has 1 unspecified atom stereocenters. The maximum atomic E-state index is 10.3. The van der Waals surface area contributed by atoms with E-state index in [4.69, 9.17) is 18.9 Å². The molecule has 0 spiro atoms. The first kappa shape index (κ1) is 13.8. The third kappa shape index (κ3) is 2.95. The zero-order valence-corrected chi connectivity index (χ0v) is 11.7. The summed E-state index contributed by atoms with van der Waals surface area (Å²) >= 11 is 0. The van der Waals surface area contributed by atoms with Crippen LogP contribution in [0.2, 0.25) is 0 Å². The van der Waals surface area contributed by atoms with Crippen LogP contribution in [0.15, 0.2) is 0 Å². The summed E-state index contributed by atoms with van der Waals surface area (Å²) in [5, 5.41) is 10.3. The minimum Gasteiger partial charge on any atom is -0.390 e. The lowest BCUT2D eigenvalue weighted by Gasteiger charge is -2.27. The molecule has 5 atom stereocenters. The van der Waals surface area contributed by atoms with Gasteiger partial charge in [-0.25, -0.2) is 0 Å². The average molecular weight is 272 g/mol. The Morgan fingerprint density at radius 2 is 2.11 bits per heavy atom. The van der Waals surface area contributed by atoms with E-state index in [-0.39, 0.29) is 24.4 Å². The van der Waals surface area contributed by atoms with E-state index in [1.165, 1.54) is 0 Å². The van der Waals surface area contributed by atoms with Gasteiger partial charge in [-0.3, -0.25) is 0 Å². The highest BCUT2D eigenvalue weighted by molar-refractivity contribution is 4.97. The number of ether oxygens (including phenoxy) is 4. The number of hydrogen-bond acceptors (Lipinski definition) is 5. The second kappa shape index (κ2) is 5.30. The lowest BCUT2D eigenvalue weighted by atomic mass is 10.1. The Morgan fingerprint density at radius 3 is 2.79 bits per heavy atom. The summed E-state index contributed by atoms with van der Waals surface area (Å²) in [6, 6.07) is 0. The van der Waals surface area contributed by atoms with E-state index in [1.54, 1.807) is 0 Å². The number of aliphatic hydroxyl groups is 1. The minimum atomic E-state index is -0.575. The van der Waals surface area contributed by atoms with Gasteiger partial charge in [-0.05, 0) is 39.5 Å². The molecule has 0 radical (unpaired) electrons. The number of aliphatic hydroxyl groups excluding tert-OH is 1. The first-order valence-electron chi connectivity index (χ1n) is 7.32. The summed E-state index contributed by atoms with van der Waals surface area (Å²) in [4.78, 5) is 0. The van der Waals surface area contributed by atoms with E-state index in [9.17, 15) is 5.11 Å². The molecule has 1 aliphatic carbocycles. The molecule has 3 fully saturated rings. The van der Waals surface area contributed by atoms with Crippen molar-refractivity contribution < 1.29 is 24.1 Å². The van der Waals surface area contributed by atoms with Gasteiger partial charge in [0.15, 0.2) is 12.1 Å². The van der Waals surface area contributed by atoms with Crippen LogP contribution in [0, 0.1) is 5.92 Å². The van der Waals surface area contributed by atoms with Gasteiger partial charge in [-0.15, -0.1) is 0 Å². The molecule has 110 valence electrons. The van der Waals surface area contributed by atoms with E-state index in [0.717, 1.165) is 32.3 Å². The molecule has 5 heteroatoms. The Morgan fingerprint density at radius 1 is 1.26 bits per heavy atom. The van der Waals surface area contributed by atoms with Crippen molar-refractivity contribution in [2.24, 2.45) is 5.92 Å². The lowest BCUT2D eigenvalue weighted by Crippen LogP contribution is -2.34. The van der Waals surface area contributed by atoms with Gasteiger partial charge in [-0.2, -0.15) is 0 Å². The molecule has 2 heterocycles. The van der Waals surface area contributed by atoms with Crippen molar-refractivity contribution in [2.75, 3.05) is 13.2 Å². The van der Waals surface area contributed by atoms with E-state index < -0.39 is 11.9 Å². The van der Waals surface area contributed by atoms with Gasteiger partial charge in [0.2, 0.25) is 0 Å². The van der Waals surface area contributed by atoms with Crippen LogP contribution in [0.3, 0.4) is 0 Å². The third-order valence-corrected chi connectivity index (χ3v) is 4.21. The van der Waals surface area contributed by atoms with Crippen molar-refractivity contribution >= 4 is 0 Å². The van der Waals surface area contributed by atoms with Crippen LogP contribution in [0.4, 0.5) is 0 Å². The molecule has 0 aromatic carbocycles. The summed E-state index contributed by atoms with van der Waals surface area (Å²) in [6.07, 6.45) is 3.20. The van der Waals surface area contributed by atoms with Crippen molar-refractivity contribution in [3.63, 3.8) is 0 Å². The van der Waals surface area contributed by atoms with Crippen LogP contribution < -0.4 is 0 Å². The van der Waals surface area contributed by atoms with Crippen LogP contribution in [-0.2, 0) is 18.9 Å². The van der Waals surface area contributed by atoms with Crippen molar-refractivity contribution in [3.8, 4) is 0 Å². The number of hydrogen-bond donors (Lipinski definition) is 1. The molecule has 0 aromatic heterocycles. The summed E-state index contributed by atoms with van der Waals surface area (Å²) in [6.45, 7) is 5.08. The lowest BCUT2D eigenvalue weighted by molar-refractivity contribution is -0.190. The fraction of sp³-hybridized carbons (Fsp3) is 1.00. The summed E-state index contributed by atoms with van der Waals surface area (Å²) in [7, 11) is 0. The van der Waals surface area contributed by atoms with Crippen molar-refractivity contribution in [2.45, 2.75) is 69.9 Å². The third-order valence-electron chi connectivity index (χ3n) is 4.21. The van der Waals surface area contributed by atoms with E-state index in [0.29, 0.717) is 6.61 Å². The molecule has 2 aliphatic heterocycles. The average Bonchev–Trinajstić information content (AvgIpc) is 2.83. The first-order valence-corrected chi connectivity index (χ1v) is 7.32. The first-order chi connectivity index (χ1) is 9.05. The maximum Gasteiger partial charge on any atom is 0.163 e. The van der Waals surface area contributed by atoms with Crippen molar-refractivity contribution in [3.05, 3.63) is 0 Å². The van der Waals surface area contributed by atoms with Crippen LogP contribution in [0.1, 0.15) is 39.5 Å². The predicted molar refractivity (Wildman–Crippen MR) is 67.5 cm³/mol. The molecule has 1 N–H and O–H groups in total.